The first-order valence-corrected chi connectivity index (χ1v) is 8.34. The van der Waals surface area contributed by atoms with Gasteiger partial charge in [-0.05, 0) is 26.0 Å². The van der Waals surface area contributed by atoms with E-state index in [0.717, 1.165) is 9.35 Å². The Hall–Kier alpha value is -1.02. The molecule has 1 unspecified atom stereocenters. The largest absolute Gasteiger partial charge is 0.397 e. The molecule has 1 heterocycles. The zero-order valence-electron chi connectivity index (χ0n) is 11.2. The van der Waals surface area contributed by atoms with Gasteiger partial charge in [-0.2, -0.15) is 0 Å². The fourth-order valence-electron chi connectivity index (χ4n) is 1.48. The first-order chi connectivity index (χ1) is 9.86. The minimum Gasteiger partial charge on any atom is -0.397 e. The average molecular weight is 363 g/mol. The molecule has 112 valence electrons. The molecular formula is C12H12Cl2N4OS2. The Morgan fingerprint density at radius 2 is 2.14 bits per heavy atom. The van der Waals surface area contributed by atoms with Crippen molar-refractivity contribution >= 4 is 63.6 Å². The summed E-state index contributed by atoms with van der Waals surface area (Å²) in [6.07, 6.45) is 0. The third kappa shape index (κ3) is 4.23. The van der Waals surface area contributed by atoms with Crippen LogP contribution in [0.5, 0.6) is 0 Å². The first-order valence-electron chi connectivity index (χ1n) is 5.89. The van der Waals surface area contributed by atoms with E-state index in [9.17, 15) is 4.79 Å². The predicted molar refractivity (Wildman–Crippen MR) is 89.5 cm³/mol. The van der Waals surface area contributed by atoms with Gasteiger partial charge in [0.25, 0.3) is 0 Å². The Morgan fingerprint density at radius 1 is 1.43 bits per heavy atom. The minimum atomic E-state index is -0.358. The van der Waals surface area contributed by atoms with Gasteiger partial charge in [0, 0.05) is 5.02 Å². The zero-order chi connectivity index (χ0) is 15.6. The highest BCUT2D eigenvalue weighted by Crippen LogP contribution is 2.33. The number of benzene rings is 1. The molecule has 1 atom stereocenters. The molecular weight excluding hydrogens is 351 g/mol. The molecule has 3 N–H and O–H groups in total. The Balaban J connectivity index is 2.07. The van der Waals surface area contributed by atoms with Gasteiger partial charge in [0.05, 0.1) is 21.6 Å². The number of halogens is 2. The van der Waals surface area contributed by atoms with Gasteiger partial charge in [0.15, 0.2) is 4.34 Å². The van der Waals surface area contributed by atoms with Crippen molar-refractivity contribution < 1.29 is 4.79 Å². The van der Waals surface area contributed by atoms with Gasteiger partial charge in [-0.3, -0.25) is 4.79 Å². The number of carbonyl (C=O) groups excluding carboxylic acids is 1. The summed E-state index contributed by atoms with van der Waals surface area (Å²) < 4.78 is 0.741. The van der Waals surface area contributed by atoms with Crippen LogP contribution in [0.3, 0.4) is 0 Å². The molecule has 21 heavy (non-hydrogen) atoms. The number of hydrogen-bond acceptors (Lipinski definition) is 6. The van der Waals surface area contributed by atoms with Crippen molar-refractivity contribution in [3.8, 4) is 0 Å². The standard InChI is InChI=1S/C12H12Cl2N4OS2/c1-5(20-12-18-17-6(2)21-12)11(19)16-10-8(14)3-7(13)4-9(10)15/h3-5H,15H2,1-2H3,(H,16,19). The summed E-state index contributed by atoms with van der Waals surface area (Å²) in [5.74, 6) is -0.219. The van der Waals surface area contributed by atoms with Gasteiger partial charge in [-0.15, -0.1) is 10.2 Å². The van der Waals surface area contributed by atoms with Crippen LogP contribution in [-0.2, 0) is 4.79 Å². The number of nitrogens with zero attached hydrogens (tertiary/aromatic N) is 2. The van der Waals surface area contributed by atoms with Gasteiger partial charge >= 0.3 is 0 Å². The van der Waals surface area contributed by atoms with E-state index >= 15 is 0 Å². The van der Waals surface area contributed by atoms with E-state index in [0.29, 0.717) is 21.4 Å². The number of nitrogens with two attached hydrogens (primary N) is 1. The summed E-state index contributed by atoms with van der Waals surface area (Å²) in [6.45, 7) is 3.64. The fraction of sp³-hybridized carbons (Fsp3) is 0.250. The molecule has 5 nitrogen and oxygen atoms in total. The molecule has 0 aliphatic heterocycles. The number of rotatable bonds is 4. The SMILES string of the molecule is Cc1nnc(SC(C)C(=O)Nc2c(N)cc(Cl)cc2Cl)s1. The molecule has 2 aromatic rings. The average Bonchev–Trinajstić information content (AvgIpc) is 2.78. The lowest BCUT2D eigenvalue weighted by molar-refractivity contribution is -0.115. The summed E-state index contributed by atoms with van der Waals surface area (Å²) in [6, 6.07) is 3.07. The summed E-state index contributed by atoms with van der Waals surface area (Å²) >= 11 is 14.6. The third-order valence-corrected chi connectivity index (χ3v) is 5.03. The van der Waals surface area contributed by atoms with E-state index in [2.05, 4.69) is 15.5 Å². The summed E-state index contributed by atoms with van der Waals surface area (Å²) in [7, 11) is 0. The van der Waals surface area contributed by atoms with Crippen LogP contribution in [0.25, 0.3) is 0 Å². The molecule has 1 aromatic carbocycles. The molecule has 0 aliphatic rings. The normalized spacial score (nSPS) is 12.2. The van der Waals surface area contributed by atoms with Crippen LogP contribution in [-0.4, -0.2) is 21.4 Å². The van der Waals surface area contributed by atoms with Crippen LogP contribution < -0.4 is 11.1 Å². The number of carbonyl (C=O) groups is 1. The van der Waals surface area contributed by atoms with Gasteiger partial charge in [-0.25, -0.2) is 0 Å². The summed E-state index contributed by atoms with van der Waals surface area (Å²) in [4.78, 5) is 12.2. The molecule has 2 rings (SSSR count). The zero-order valence-corrected chi connectivity index (χ0v) is 14.3. The second-order valence-electron chi connectivity index (χ2n) is 4.19. The van der Waals surface area contributed by atoms with Gasteiger partial charge in [0.2, 0.25) is 5.91 Å². The lowest BCUT2D eigenvalue weighted by Gasteiger charge is -2.13. The molecule has 0 saturated carbocycles. The number of nitrogen functional groups attached to an aromatic ring is 1. The molecule has 0 spiro atoms. The van der Waals surface area contributed by atoms with Crippen molar-refractivity contribution in [2.24, 2.45) is 0 Å². The highest BCUT2D eigenvalue weighted by atomic mass is 35.5. The molecule has 1 aromatic heterocycles. The van der Waals surface area contributed by atoms with Gasteiger partial charge < -0.3 is 11.1 Å². The van der Waals surface area contributed by atoms with E-state index in [4.69, 9.17) is 28.9 Å². The number of aryl methyl sites for hydroxylation is 1. The fourth-order valence-corrected chi connectivity index (χ4v) is 4.00. The van der Waals surface area contributed by atoms with Crippen LogP contribution >= 0.6 is 46.3 Å². The minimum absolute atomic E-state index is 0.219. The Morgan fingerprint density at radius 3 is 2.71 bits per heavy atom. The summed E-state index contributed by atoms with van der Waals surface area (Å²) in [5.41, 5.74) is 6.51. The van der Waals surface area contributed by atoms with Crippen LogP contribution in [0.4, 0.5) is 11.4 Å². The monoisotopic (exact) mass is 362 g/mol. The molecule has 0 fully saturated rings. The number of anilines is 2. The van der Waals surface area contributed by atoms with Crippen molar-refractivity contribution in [3.05, 3.63) is 27.2 Å². The smallest absolute Gasteiger partial charge is 0.237 e. The molecule has 0 aliphatic carbocycles. The van der Waals surface area contributed by atoms with Crippen molar-refractivity contribution in [1.29, 1.82) is 0 Å². The van der Waals surface area contributed by atoms with Gasteiger partial charge in [-0.1, -0.05) is 46.3 Å². The van der Waals surface area contributed by atoms with Crippen LogP contribution in [0.15, 0.2) is 16.5 Å². The van der Waals surface area contributed by atoms with E-state index in [-0.39, 0.29) is 11.2 Å². The number of amides is 1. The molecule has 0 saturated heterocycles. The second-order valence-corrected chi connectivity index (χ2v) is 7.80. The maximum absolute atomic E-state index is 12.2. The Bertz CT molecular complexity index is 654. The van der Waals surface area contributed by atoms with Crippen LogP contribution in [0.2, 0.25) is 10.0 Å². The maximum atomic E-state index is 12.2. The molecule has 0 radical (unpaired) electrons. The van der Waals surface area contributed by atoms with Crippen LogP contribution in [0, 0.1) is 6.92 Å². The highest BCUT2D eigenvalue weighted by Gasteiger charge is 2.19. The molecule has 9 heteroatoms. The number of nitrogens with one attached hydrogen (secondary N) is 1. The number of hydrogen-bond donors (Lipinski definition) is 2. The Kier molecular flexibility index (Phi) is 5.32. The topological polar surface area (TPSA) is 80.9 Å². The maximum Gasteiger partial charge on any atom is 0.237 e. The van der Waals surface area contributed by atoms with Crippen LogP contribution in [0.1, 0.15) is 11.9 Å². The number of aromatic nitrogens is 2. The number of thioether (sulfide) groups is 1. The van der Waals surface area contributed by atoms with E-state index in [1.807, 2.05) is 6.92 Å². The van der Waals surface area contributed by atoms with E-state index in [1.54, 1.807) is 6.92 Å². The van der Waals surface area contributed by atoms with Crippen molar-refractivity contribution in [2.45, 2.75) is 23.4 Å². The van der Waals surface area contributed by atoms with Crippen molar-refractivity contribution in [2.75, 3.05) is 11.1 Å². The van der Waals surface area contributed by atoms with E-state index in [1.165, 1.54) is 35.2 Å². The Labute approximate surface area is 140 Å². The molecule has 0 bridgehead atoms. The first kappa shape index (κ1) is 16.4. The quantitative estimate of drug-likeness (QED) is 0.637. The predicted octanol–water partition coefficient (Wildman–Crippen LogP) is 3.85. The summed E-state index contributed by atoms with van der Waals surface area (Å²) in [5, 5.41) is 11.8. The third-order valence-electron chi connectivity index (χ3n) is 2.49. The lowest BCUT2D eigenvalue weighted by Crippen LogP contribution is -2.23. The van der Waals surface area contributed by atoms with Crippen molar-refractivity contribution in [1.82, 2.24) is 10.2 Å². The lowest BCUT2D eigenvalue weighted by atomic mass is 10.2. The highest BCUT2D eigenvalue weighted by molar-refractivity contribution is 8.02. The van der Waals surface area contributed by atoms with Gasteiger partial charge in [0.1, 0.15) is 5.01 Å². The molecule has 1 amide bonds. The van der Waals surface area contributed by atoms with E-state index < -0.39 is 0 Å². The second kappa shape index (κ2) is 6.83. The van der Waals surface area contributed by atoms with Crippen molar-refractivity contribution in [3.63, 3.8) is 0 Å².